The van der Waals surface area contributed by atoms with Crippen molar-refractivity contribution in [1.29, 1.82) is 0 Å². The van der Waals surface area contributed by atoms with E-state index in [-0.39, 0.29) is 12.5 Å². The van der Waals surface area contributed by atoms with Crippen molar-refractivity contribution in [2.75, 3.05) is 11.9 Å². The maximum absolute atomic E-state index is 11.9. The molecule has 0 aliphatic rings. The molecule has 5 nitrogen and oxygen atoms in total. The second-order valence-corrected chi connectivity index (χ2v) is 4.63. The highest BCUT2D eigenvalue weighted by molar-refractivity contribution is 7.10. The Kier molecular flexibility index (Phi) is 4.47. The molecule has 1 aromatic carbocycles. The molecule has 2 rings (SSSR count). The molecule has 0 bridgehead atoms. The van der Waals surface area contributed by atoms with E-state index in [0.717, 1.165) is 11.5 Å². The van der Waals surface area contributed by atoms with Crippen molar-refractivity contribution < 1.29 is 4.79 Å². The van der Waals surface area contributed by atoms with Gasteiger partial charge in [-0.1, -0.05) is 27.9 Å². The van der Waals surface area contributed by atoms with Gasteiger partial charge in [0, 0.05) is 22.7 Å². The van der Waals surface area contributed by atoms with Gasteiger partial charge in [-0.05, 0) is 18.2 Å². The molecule has 1 heterocycles. The number of carbonyl (C=O) groups is 1. The monoisotopic (exact) mass is 292 g/mol. The van der Waals surface area contributed by atoms with Crippen LogP contribution in [-0.4, -0.2) is 22.0 Å². The summed E-state index contributed by atoms with van der Waals surface area (Å²) in [7, 11) is 0. The molecule has 0 radical (unpaired) electrons. The summed E-state index contributed by atoms with van der Waals surface area (Å²) in [6.45, 7) is 0.261. The summed E-state index contributed by atoms with van der Waals surface area (Å²) in [6, 6.07) is 4.90. The number of nitrogens with zero attached hydrogens (tertiary/aromatic N) is 2. The zero-order chi connectivity index (χ0) is 13.7. The Morgan fingerprint density at radius 3 is 3.00 bits per heavy atom. The predicted molar refractivity (Wildman–Crippen MR) is 75.2 cm³/mol. The van der Waals surface area contributed by atoms with E-state index in [0.29, 0.717) is 21.2 Å². The van der Waals surface area contributed by atoms with E-state index in [2.05, 4.69) is 26.7 Å². The van der Waals surface area contributed by atoms with Crippen LogP contribution in [0.2, 0.25) is 5.02 Å². The van der Waals surface area contributed by atoms with Gasteiger partial charge >= 0.3 is 0 Å². The fourth-order valence-electron chi connectivity index (χ4n) is 1.31. The average Bonchev–Trinajstić information content (AvgIpc) is 2.90. The smallest absolute Gasteiger partial charge is 0.256 e. The molecule has 0 saturated heterocycles. The van der Waals surface area contributed by atoms with Crippen molar-refractivity contribution in [3.63, 3.8) is 0 Å². The molecule has 96 valence electrons. The first kappa shape index (κ1) is 13.5. The van der Waals surface area contributed by atoms with Crippen LogP contribution in [0, 0.1) is 11.8 Å². The number of halogens is 1. The maximum Gasteiger partial charge on any atom is 0.256 e. The van der Waals surface area contributed by atoms with Gasteiger partial charge in [0.1, 0.15) is 5.00 Å². The van der Waals surface area contributed by atoms with Crippen LogP contribution in [0.3, 0.4) is 0 Å². The Hall–Kier alpha value is -1.94. The molecule has 0 aliphatic carbocycles. The SMILES string of the molecule is NCC#Cc1ccc(C(=O)Nc2cnns2)cc1Cl. The summed E-state index contributed by atoms with van der Waals surface area (Å²) in [5, 5.41) is 7.29. The number of benzene rings is 1. The summed E-state index contributed by atoms with van der Waals surface area (Å²) < 4.78 is 3.66. The van der Waals surface area contributed by atoms with Crippen molar-refractivity contribution in [2.24, 2.45) is 5.73 Å². The van der Waals surface area contributed by atoms with Gasteiger partial charge in [-0.3, -0.25) is 4.79 Å². The highest BCUT2D eigenvalue weighted by atomic mass is 35.5. The minimum atomic E-state index is -0.272. The Labute approximate surface area is 118 Å². The van der Waals surface area contributed by atoms with Gasteiger partial charge in [-0.15, -0.1) is 5.10 Å². The van der Waals surface area contributed by atoms with Gasteiger partial charge in [0.2, 0.25) is 0 Å². The second kappa shape index (κ2) is 6.29. The number of nitrogens with one attached hydrogen (secondary N) is 1. The summed E-state index contributed by atoms with van der Waals surface area (Å²) in [4.78, 5) is 11.9. The molecule has 1 aromatic heterocycles. The summed E-state index contributed by atoms with van der Waals surface area (Å²) >= 11 is 7.15. The lowest BCUT2D eigenvalue weighted by Crippen LogP contribution is -2.10. The third kappa shape index (κ3) is 3.51. The highest BCUT2D eigenvalue weighted by Gasteiger charge is 2.09. The van der Waals surface area contributed by atoms with Crippen molar-refractivity contribution in [2.45, 2.75) is 0 Å². The zero-order valence-corrected chi connectivity index (χ0v) is 11.3. The topological polar surface area (TPSA) is 80.9 Å². The van der Waals surface area contributed by atoms with E-state index < -0.39 is 0 Å². The first-order valence-corrected chi connectivity index (χ1v) is 6.43. The van der Waals surface area contributed by atoms with E-state index >= 15 is 0 Å². The van der Waals surface area contributed by atoms with Crippen molar-refractivity contribution in [3.05, 3.63) is 40.5 Å². The fraction of sp³-hybridized carbons (Fsp3) is 0.0833. The van der Waals surface area contributed by atoms with E-state index in [9.17, 15) is 4.79 Å². The molecular formula is C12H9ClN4OS. The van der Waals surface area contributed by atoms with Crippen LogP contribution in [0.15, 0.2) is 24.4 Å². The number of rotatable bonds is 2. The predicted octanol–water partition coefficient (Wildman–Crippen LogP) is 1.75. The van der Waals surface area contributed by atoms with E-state index in [1.54, 1.807) is 18.2 Å². The van der Waals surface area contributed by atoms with Gasteiger partial charge in [-0.2, -0.15) is 0 Å². The normalized spacial score (nSPS) is 9.58. The van der Waals surface area contributed by atoms with Crippen LogP contribution in [0.4, 0.5) is 5.00 Å². The number of anilines is 1. The molecule has 0 atom stereocenters. The number of hydrogen-bond acceptors (Lipinski definition) is 5. The van der Waals surface area contributed by atoms with Crippen molar-refractivity contribution >= 4 is 34.0 Å². The number of nitrogens with two attached hydrogens (primary N) is 1. The Bertz CT molecular complexity index is 645. The Balaban J connectivity index is 2.17. The molecular weight excluding hydrogens is 284 g/mol. The van der Waals surface area contributed by atoms with E-state index in [1.165, 1.54) is 6.20 Å². The number of hydrogen-bond donors (Lipinski definition) is 2. The van der Waals surface area contributed by atoms with Crippen LogP contribution in [-0.2, 0) is 0 Å². The summed E-state index contributed by atoms with van der Waals surface area (Å²) in [5.74, 6) is 5.26. The third-order valence-corrected chi connectivity index (χ3v) is 3.05. The molecule has 0 aliphatic heterocycles. The van der Waals surface area contributed by atoms with E-state index in [4.69, 9.17) is 17.3 Å². The second-order valence-electron chi connectivity index (χ2n) is 3.44. The lowest BCUT2D eigenvalue weighted by Gasteiger charge is -2.03. The lowest BCUT2D eigenvalue weighted by atomic mass is 10.1. The summed E-state index contributed by atoms with van der Waals surface area (Å²) in [5.41, 5.74) is 6.37. The molecule has 0 spiro atoms. The van der Waals surface area contributed by atoms with Crippen LogP contribution in [0.1, 0.15) is 15.9 Å². The third-order valence-electron chi connectivity index (χ3n) is 2.15. The first-order valence-electron chi connectivity index (χ1n) is 5.28. The Morgan fingerprint density at radius 1 is 1.53 bits per heavy atom. The van der Waals surface area contributed by atoms with Gasteiger partial charge in [-0.25, -0.2) is 0 Å². The maximum atomic E-state index is 11.9. The van der Waals surface area contributed by atoms with Gasteiger partial charge < -0.3 is 11.1 Å². The average molecular weight is 293 g/mol. The first-order chi connectivity index (χ1) is 9.20. The highest BCUT2D eigenvalue weighted by Crippen LogP contribution is 2.18. The zero-order valence-electron chi connectivity index (χ0n) is 9.68. The number of amides is 1. The van der Waals surface area contributed by atoms with Gasteiger partial charge in [0.05, 0.1) is 17.8 Å². The van der Waals surface area contributed by atoms with Crippen LogP contribution in [0.5, 0.6) is 0 Å². The fourth-order valence-corrected chi connectivity index (χ4v) is 1.95. The van der Waals surface area contributed by atoms with Gasteiger partial charge in [0.25, 0.3) is 5.91 Å². The van der Waals surface area contributed by atoms with Crippen molar-refractivity contribution in [1.82, 2.24) is 9.59 Å². The van der Waals surface area contributed by atoms with Crippen molar-refractivity contribution in [3.8, 4) is 11.8 Å². The molecule has 0 saturated carbocycles. The van der Waals surface area contributed by atoms with Crippen LogP contribution in [0.25, 0.3) is 0 Å². The van der Waals surface area contributed by atoms with Crippen LogP contribution >= 0.6 is 23.1 Å². The lowest BCUT2D eigenvalue weighted by molar-refractivity contribution is 0.102. The molecule has 2 aromatic rings. The van der Waals surface area contributed by atoms with E-state index in [1.807, 2.05) is 0 Å². The Morgan fingerprint density at radius 2 is 2.37 bits per heavy atom. The minimum absolute atomic E-state index is 0.261. The summed E-state index contributed by atoms with van der Waals surface area (Å²) in [6.07, 6.45) is 1.48. The standard InChI is InChI=1S/C12H9ClN4OS/c13-10-6-9(4-3-8(10)2-1-5-14)12(18)16-11-7-15-17-19-11/h3-4,6-7H,5,14H2,(H,16,18). The molecule has 3 N–H and O–H groups in total. The minimum Gasteiger partial charge on any atom is -0.320 e. The van der Waals surface area contributed by atoms with Gasteiger partial charge in [0.15, 0.2) is 0 Å². The molecule has 19 heavy (non-hydrogen) atoms. The molecule has 0 unspecified atom stereocenters. The molecule has 0 fully saturated rings. The largest absolute Gasteiger partial charge is 0.320 e. The van der Waals surface area contributed by atoms with Crippen LogP contribution < -0.4 is 11.1 Å². The number of aromatic nitrogens is 2. The molecule has 7 heteroatoms. The molecule has 1 amide bonds. The number of carbonyl (C=O) groups excluding carboxylic acids is 1. The quantitative estimate of drug-likeness (QED) is 0.826.